The summed E-state index contributed by atoms with van der Waals surface area (Å²) in [5, 5.41) is 19.7. The first kappa shape index (κ1) is 24.6. The highest BCUT2D eigenvalue weighted by Gasteiger charge is 2.16. The summed E-state index contributed by atoms with van der Waals surface area (Å²) in [6.07, 6.45) is 0. The predicted octanol–water partition coefficient (Wildman–Crippen LogP) is 9.39. The van der Waals surface area contributed by atoms with Crippen molar-refractivity contribution >= 4 is 44.3 Å². The van der Waals surface area contributed by atoms with Crippen LogP contribution in [0.1, 0.15) is 11.1 Å². The van der Waals surface area contributed by atoms with Crippen molar-refractivity contribution in [1.82, 2.24) is 4.98 Å². The highest BCUT2D eigenvalue weighted by molar-refractivity contribution is 7.21. The number of hydrogen-bond acceptors (Lipinski definition) is 5. The first-order chi connectivity index (χ1) is 19.6. The maximum absolute atomic E-state index is 9.63. The Balaban J connectivity index is 1.42. The number of benzene rings is 5. The number of rotatable bonds is 5. The highest BCUT2D eigenvalue weighted by atomic mass is 32.1. The lowest BCUT2D eigenvalue weighted by Gasteiger charge is -2.26. The Morgan fingerprint density at radius 3 is 1.85 bits per heavy atom. The second-order valence-electron chi connectivity index (χ2n) is 9.07. The third-order valence-electron chi connectivity index (χ3n) is 6.56. The third kappa shape index (κ3) is 4.77. The second-order valence-corrected chi connectivity index (χ2v) is 10.1. The summed E-state index contributed by atoms with van der Waals surface area (Å²) >= 11 is 1.66. The van der Waals surface area contributed by atoms with Gasteiger partial charge in [-0.3, -0.25) is 0 Å². The van der Waals surface area contributed by atoms with Crippen molar-refractivity contribution in [3.05, 3.63) is 138 Å². The van der Waals surface area contributed by atoms with E-state index in [1.165, 1.54) is 0 Å². The quantitative estimate of drug-likeness (QED) is 0.209. The van der Waals surface area contributed by atoms with Gasteiger partial charge >= 0.3 is 0 Å². The molecule has 6 rings (SSSR count). The lowest BCUT2D eigenvalue weighted by Crippen LogP contribution is -2.10. The Morgan fingerprint density at radius 1 is 0.650 bits per heavy atom. The standard InChI is InChI=1S/C34H19N5S/c1-37-28-18-24(22-36)19-31(20-28)39(29-14-10-26(11-15-29)25-8-6-23(21-35)7-9-25)30-16-12-27(13-17-30)34-38-32-4-2-3-5-33(32)40-34/h2-20H. The van der Waals surface area contributed by atoms with Gasteiger partial charge in [0.1, 0.15) is 5.01 Å². The lowest BCUT2D eigenvalue weighted by molar-refractivity contribution is 1.28. The van der Waals surface area contributed by atoms with Crippen LogP contribution in [0.2, 0.25) is 0 Å². The van der Waals surface area contributed by atoms with Gasteiger partial charge in [-0.1, -0.05) is 36.4 Å². The van der Waals surface area contributed by atoms with E-state index in [1.807, 2.05) is 83.8 Å². The molecule has 0 saturated carbocycles. The van der Waals surface area contributed by atoms with Crippen LogP contribution in [0.5, 0.6) is 0 Å². The molecular formula is C34H19N5S. The van der Waals surface area contributed by atoms with Crippen LogP contribution in [0.4, 0.5) is 22.7 Å². The molecule has 0 radical (unpaired) electrons. The van der Waals surface area contributed by atoms with E-state index in [1.54, 1.807) is 29.5 Å². The number of nitrogens with zero attached hydrogens (tertiary/aromatic N) is 5. The number of anilines is 3. The van der Waals surface area contributed by atoms with Crippen molar-refractivity contribution in [1.29, 1.82) is 10.5 Å². The number of fused-ring (bicyclic) bond motifs is 1. The Morgan fingerprint density at radius 2 is 1.25 bits per heavy atom. The molecule has 0 aliphatic rings. The summed E-state index contributed by atoms with van der Waals surface area (Å²) in [5.74, 6) is 0. The lowest BCUT2D eigenvalue weighted by atomic mass is 10.0. The first-order valence-corrected chi connectivity index (χ1v) is 13.3. The van der Waals surface area contributed by atoms with Crippen molar-refractivity contribution in [2.45, 2.75) is 0 Å². The SMILES string of the molecule is [C-]#[N+]c1cc(C#N)cc(N(c2ccc(-c3ccc(C#N)cc3)cc2)c2ccc(-c3nc4ccccc4s3)cc2)c1. The van der Waals surface area contributed by atoms with Crippen molar-refractivity contribution in [3.8, 4) is 33.8 Å². The molecule has 5 nitrogen and oxygen atoms in total. The number of para-hydroxylation sites is 1. The van der Waals surface area contributed by atoms with Crippen LogP contribution in [0, 0.1) is 29.2 Å². The minimum absolute atomic E-state index is 0.402. The molecule has 6 aromatic rings. The van der Waals surface area contributed by atoms with Gasteiger partial charge in [0.25, 0.3) is 0 Å². The molecule has 1 heterocycles. The molecule has 0 aliphatic heterocycles. The van der Waals surface area contributed by atoms with Crippen LogP contribution in [0.15, 0.2) is 115 Å². The van der Waals surface area contributed by atoms with E-state index >= 15 is 0 Å². The summed E-state index contributed by atoms with van der Waals surface area (Å²) < 4.78 is 1.14. The third-order valence-corrected chi connectivity index (χ3v) is 7.64. The monoisotopic (exact) mass is 529 g/mol. The fourth-order valence-electron chi connectivity index (χ4n) is 4.59. The zero-order valence-electron chi connectivity index (χ0n) is 21.1. The molecule has 0 N–H and O–H groups in total. The molecule has 0 spiro atoms. The number of hydrogen-bond donors (Lipinski definition) is 0. The highest BCUT2D eigenvalue weighted by Crippen LogP contribution is 2.39. The summed E-state index contributed by atoms with van der Waals surface area (Å²) in [5.41, 5.74) is 7.99. The predicted molar refractivity (Wildman–Crippen MR) is 161 cm³/mol. The topological polar surface area (TPSA) is 68.1 Å². The van der Waals surface area contributed by atoms with E-state index in [9.17, 15) is 5.26 Å². The molecular weight excluding hydrogens is 510 g/mol. The van der Waals surface area contributed by atoms with Crippen molar-refractivity contribution in [2.75, 3.05) is 4.90 Å². The van der Waals surface area contributed by atoms with E-state index in [2.05, 4.69) is 35.2 Å². The first-order valence-electron chi connectivity index (χ1n) is 12.4. The molecule has 0 atom stereocenters. The van der Waals surface area contributed by atoms with Gasteiger partial charge in [-0.25, -0.2) is 9.83 Å². The Kier molecular flexibility index (Phi) is 6.49. The number of nitriles is 2. The zero-order valence-corrected chi connectivity index (χ0v) is 21.9. The summed E-state index contributed by atoms with van der Waals surface area (Å²) in [6.45, 7) is 7.56. The largest absolute Gasteiger partial charge is 0.312 e. The molecule has 0 amide bonds. The van der Waals surface area contributed by atoms with Gasteiger partial charge in [0, 0.05) is 28.2 Å². The molecule has 0 fully saturated rings. The zero-order chi connectivity index (χ0) is 27.5. The van der Waals surface area contributed by atoms with E-state index in [-0.39, 0.29) is 0 Å². The van der Waals surface area contributed by atoms with Gasteiger partial charge in [-0.2, -0.15) is 10.5 Å². The summed E-state index contributed by atoms with van der Waals surface area (Å²) in [6, 6.07) is 41.4. The maximum Gasteiger partial charge on any atom is 0.190 e. The molecule has 186 valence electrons. The van der Waals surface area contributed by atoms with Crippen molar-refractivity contribution < 1.29 is 0 Å². The molecule has 40 heavy (non-hydrogen) atoms. The Labute approximate surface area is 235 Å². The molecule has 0 aliphatic carbocycles. The fourth-order valence-corrected chi connectivity index (χ4v) is 5.56. The van der Waals surface area contributed by atoms with Gasteiger partial charge < -0.3 is 4.90 Å². The van der Waals surface area contributed by atoms with E-state index < -0.39 is 0 Å². The minimum Gasteiger partial charge on any atom is -0.312 e. The van der Waals surface area contributed by atoms with Crippen LogP contribution in [-0.4, -0.2) is 4.98 Å². The Hall–Kier alpha value is -5.74. The summed E-state index contributed by atoms with van der Waals surface area (Å²) in [4.78, 5) is 10.4. The smallest absolute Gasteiger partial charge is 0.190 e. The van der Waals surface area contributed by atoms with Crippen molar-refractivity contribution in [2.24, 2.45) is 0 Å². The number of aromatic nitrogens is 1. The van der Waals surface area contributed by atoms with Gasteiger partial charge in [-0.05, 0) is 90.0 Å². The molecule has 0 bridgehead atoms. The van der Waals surface area contributed by atoms with Crippen LogP contribution in [0.3, 0.4) is 0 Å². The molecule has 5 aromatic carbocycles. The second kappa shape index (κ2) is 10.6. The average Bonchev–Trinajstić information content (AvgIpc) is 3.46. The van der Waals surface area contributed by atoms with E-state index in [0.717, 1.165) is 49.0 Å². The van der Waals surface area contributed by atoms with Gasteiger partial charge in [-0.15, -0.1) is 11.3 Å². The van der Waals surface area contributed by atoms with Crippen LogP contribution in [-0.2, 0) is 0 Å². The van der Waals surface area contributed by atoms with E-state index in [4.69, 9.17) is 16.8 Å². The number of thiazole rings is 1. The minimum atomic E-state index is 0.402. The van der Waals surface area contributed by atoms with Crippen molar-refractivity contribution in [3.63, 3.8) is 0 Å². The van der Waals surface area contributed by atoms with Gasteiger partial charge in [0.15, 0.2) is 5.69 Å². The molecule has 6 heteroatoms. The average molecular weight is 530 g/mol. The van der Waals surface area contributed by atoms with Crippen LogP contribution in [0.25, 0.3) is 36.8 Å². The normalized spacial score (nSPS) is 10.4. The molecule has 0 saturated heterocycles. The maximum atomic E-state index is 9.63. The van der Waals surface area contributed by atoms with E-state index in [0.29, 0.717) is 16.8 Å². The van der Waals surface area contributed by atoms with Crippen LogP contribution < -0.4 is 4.90 Å². The van der Waals surface area contributed by atoms with Gasteiger partial charge in [0.2, 0.25) is 0 Å². The van der Waals surface area contributed by atoms with Gasteiger partial charge in [0.05, 0.1) is 34.5 Å². The Bertz CT molecular complexity index is 1900. The summed E-state index contributed by atoms with van der Waals surface area (Å²) in [7, 11) is 0. The fraction of sp³-hybridized carbons (Fsp3) is 0. The molecule has 0 unspecified atom stereocenters. The molecule has 1 aromatic heterocycles. The van der Waals surface area contributed by atoms with Crippen LogP contribution >= 0.6 is 11.3 Å².